The maximum absolute atomic E-state index is 13.5. The van der Waals surface area contributed by atoms with Crippen LogP contribution in [0.25, 0.3) is 0 Å². The maximum atomic E-state index is 13.5. The Hall–Kier alpha value is -1.56. The van der Waals surface area contributed by atoms with Gasteiger partial charge in [0.05, 0.1) is 0 Å². The molecule has 0 heterocycles. The molecule has 0 spiro atoms. The van der Waals surface area contributed by atoms with Gasteiger partial charge in [-0.1, -0.05) is 13.8 Å². The Bertz CT molecular complexity index is 773. The highest BCUT2D eigenvalue weighted by Crippen LogP contribution is 2.67. The summed E-state index contributed by atoms with van der Waals surface area (Å²) < 4.78 is 4.87. The molecule has 4 aliphatic rings. The van der Waals surface area contributed by atoms with Crippen molar-refractivity contribution in [1.82, 2.24) is 0 Å². The van der Waals surface area contributed by atoms with E-state index in [0.717, 1.165) is 19.3 Å². The fourth-order valence-electron chi connectivity index (χ4n) is 7.61. The molecular weight excluding hydrogens is 372 g/mol. The van der Waals surface area contributed by atoms with Crippen LogP contribution in [0.1, 0.15) is 72.1 Å². The fraction of sp³-hybridized carbons (Fsp3) is 0.826. The van der Waals surface area contributed by atoms with Crippen molar-refractivity contribution >= 4 is 23.3 Å². The molecule has 0 saturated heterocycles. The van der Waals surface area contributed by atoms with Crippen LogP contribution in [0.2, 0.25) is 0 Å². The van der Waals surface area contributed by atoms with Crippen molar-refractivity contribution in [3.05, 3.63) is 0 Å². The first-order valence-electron chi connectivity index (χ1n) is 11.0. The first kappa shape index (κ1) is 20.7. The van der Waals surface area contributed by atoms with Crippen LogP contribution in [-0.4, -0.2) is 40.6 Å². The van der Waals surface area contributed by atoms with Crippen molar-refractivity contribution in [3.63, 3.8) is 0 Å². The van der Waals surface area contributed by atoms with E-state index in [-0.39, 0.29) is 41.3 Å². The second-order valence-corrected chi connectivity index (χ2v) is 10.4. The molecule has 6 nitrogen and oxygen atoms in total. The molecule has 7 unspecified atom stereocenters. The molecule has 0 bridgehead atoms. The van der Waals surface area contributed by atoms with Crippen LogP contribution in [0.15, 0.2) is 0 Å². The summed E-state index contributed by atoms with van der Waals surface area (Å²) in [6.07, 6.45) is 4.90. The quantitative estimate of drug-likeness (QED) is 0.726. The molecule has 4 rings (SSSR count). The lowest BCUT2D eigenvalue weighted by atomic mass is 9.44. The van der Waals surface area contributed by atoms with Gasteiger partial charge in [0.2, 0.25) is 5.78 Å². The van der Waals surface area contributed by atoms with Gasteiger partial charge in [-0.25, -0.2) is 0 Å². The zero-order valence-electron chi connectivity index (χ0n) is 17.7. The summed E-state index contributed by atoms with van der Waals surface area (Å²) in [4.78, 5) is 49.5. The Labute approximate surface area is 171 Å². The lowest BCUT2D eigenvalue weighted by Crippen LogP contribution is -2.62. The minimum atomic E-state index is -1.63. The van der Waals surface area contributed by atoms with E-state index in [9.17, 15) is 24.3 Å². The minimum absolute atomic E-state index is 0.0849. The van der Waals surface area contributed by atoms with Gasteiger partial charge in [-0.05, 0) is 55.3 Å². The van der Waals surface area contributed by atoms with E-state index in [2.05, 4.69) is 6.92 Å². The van der Waals surface area contributed by atoms with Crippen LogP contribution in [0, 0.1) is 34.5 Å². The zero-order chi connectivity index (χ0) is 21.2. The summed E-state index contributed by atoms with van der Waals surface area (Å²) in [5.74, 6) is -0.187. The number of hydrogen-bond acceptors (Lipinski definition) is 6. The molecule has 29 heavy (non-hydrogen) atoms. The molecule has 0 aromatic rings. The fourth-order valence-corrected chi connectivity index (χ4v) is 7.61. The summed E-state index contributed by atoms with van der Waals surface area (Å²) >= 11 is 0. The number of ether oxygens (including phenoxy) is 1. The Morgan fingerprint density at radius 3 is 2.55 bits per heavy atom. The van der Waals surface area contributed by atoms with Crippen molar-refractivity contribution in [1.29, 1.82) is 0 Å². The molecule has 0 amide bonds. The first-order chi connectivity index (χ1) is 13.5. The highest BCUT2D eigenvalue weighted by Gasteiger charge is 2.69. The van der Waals surface area contributed by atoms with Crippen LogP contribution >= 0.6 is 0 Å². The van der Waals surface area contributed by atoms with E-state index in [1.807, 2.05) is 6.92 Å². The highest BCUT2D eigenvalue weighted by molar-refractivity contribution is 5.93. The number of ketones is 3. The average Bonchev–Trinajstić information content (AvgIpc) is 2.91. The van der Waals surface area contributed by atoms with Crippen molar-refractivity contribution in [2.75, 3.05) is 6.61 Å². The number of carbonyl (C=O) groups excluding carboxylic acids is 4. The van der Waals surface area contributed by atoms with E-state index in [0.29, 0.717) is 31.5 Å². The largest absolute Gasteiger partial charge is 0.458 e. The third-order valence-corrected chi connectivity index (χ3v) is 9.19. The second kappa shape index (κ2) is 6.73. The average molecular weight is 405 g/mol. The monoisotopic (exact) mass is 404 g/mol. The molecule has 7 atom stereocenters. The SMILES string of the molecule is CC(=O)OCC(=O)C1(O)CCC2C3CCC4CC(=O)CCC4(C)C3C(=O)CC21C. The molecular formula is C23H32O6. The Morgan fingerprint density at radius 1 is 1.14 bits per heavy atom. The lowest BCUT2D eigenvalue weighted by molar-refractivity contribution is -0.180. The Balaban J connectivity index is 1.64. The standard InChI is InChI=1S/C23H32O6/c1-13(24)29-12-19(27)23(28)9-7-17-16-5-4-14-10-15(25)6-8-21(14,2)20(16)18(26)11-22(17,23)3/h14,16-17,20,28H,4-12H2,1-3H3. The smallest absolute Gasteiger partial charge is 0.303 e. The van der Waals surface area contributed by atoms with E-state index >= 15 is 0 Å². The lowest BCUT2D eigenvalue weighted by Gasteiger charge is -2.59. The number of Topliss-reactive ketones (excluding diaryl/α,β-unsaturated/α-hetero) is 3. The van der Waals surface area contributed by atoms with E-state index in [4.69, 9.17) is 4.74 Å². The number of aliphatic hydroxyl groups is 1. The van der Waals surface area contributed by atoms with Gasteiger partial charge in [-0.3, -0.25) is 19.2 Å². The molecule has 0 radical (unpaired) electrons. The maximum Gasteiger partial charge on any atom is 0.303 e. The molecule has 4 saturated carbocycles. The number of carbonyl (C=O) groups is 4. The van der Waals surface area contributed by atoms with Gasteiger partial charge in [0.15, 0.2) is 6.61 Å². The van der Waals surface area contributed by atoms with Gasteiger partial charge in [-0.2, -0.15) is 0 Å². The zero-order valence-corrected chi connectivity index (χ0v) is 17.7. The third-order valence-electron chi connectivity index (χ3n) is 9.19. The molecule has 160 valence electrons. The summed E-state index contributed by atoms with van der Waals surface area (Å²) in [5, 5.41) is 11.4. The predicted octanol–water partition coefficient (Wildman–Crippen LogP) is 2.64. The Morgan fingerprint density at radius 2 is 1.86 bits per heavy atom. The first-order valence-corrected chi connectivity index (χ1v) is 11.0. The number of rotatable bonds is 3. The number of hydrogen-bond donors (Lipinski definition) is 1. The molecule has 1 N–H and O–H groups in total. The van der Waals surface area contributed by atoms with Crippen LogP contribution in [0.4, 0.5) is 0 Å². The van der Waals surface area contributed by atoms with Gasteiger partial charge in [0, 0.05) is 37.5 Å². The second-order valence-electron chi connectivity index (χ2n) is 10.4. The summed E-state index contributed by atoms with van der Waals surface area (Å²) in [6.45, 7) is 4.86. The van der Waals surface area contributed by atoms with Crippen molar-refractivity contribution in [2.24, 2.45) is 34.5 Å². The van der Waals surface area contributed by atoms with Crippen molar-refractivity contribution < 1.29 is 29.0 Å². The highest BCUT2D eigenvalue weighted by atomic mass is 16.5. The van der Waals surface area contributed by atoms with Gasteiger partial charge in [0.1, 0.15) is 17.2 Å². The van der Waals surface area contributed by atoms with E-state index in [1.54, 1.807) is 0 Å². The van der Waals surface area contributed by atoms with Gasteiger partial charge < -0.3 is 9.84 Å². The van der Waals surface area contributed by atoms with Crippen molar-refractivity contribution in [2.45, 2.75) is 77.7 Å². The topological polar surface area (TPSA) is 97.7 Å². The molecule has 4 fully saturated rings. The molecule has 0 aromatic carbocycles. The van der Waals surface area contributed by atoms with Crippen molar-refractivity contribution in [3.8, 4) is 0 Å². The molecule has 6 heteroatoms. The number of esters is 1. The van der Waals surface area contributed by atoms with Crippen LogP contribution in [0.3, 0.4) is 0 Å². The number of fused-ring (bicyclic) bond motifs is 5. The van der Waals surface area contributed by atoms with Crippen LogP contribution < -0.4 is 0 Å². The summed E-state index contributed by atoms with van der Waals surface area (Å²) in [6, 6.07) is 0. The molecule has 0 aliphatic heterocycles. The summed E-state index contributed by atoms with van der Waals surface area (Å²) in [5.41, 5.74) is -2.61. The normalized spacial score (nSPS) is 46.5. The van der Waals surface area contributed by atoms with Gasteiger partial charge in [0.25, 0.3) is 0 Å². The molecule has 4 aliphatic carbocycles. The van der Waals surface area contributed by atoms with Gasteiger partial charge >= 0.3 is 5.97 Å². The summed E-state index contributed by atoms with van der Waals surface area (Å²) in [7, 11) is 0. The van der Waals surface area contributed by atoms with Crippen LogP contribution in [0.5, 0.6) is 0 Å². The predicted molar refractivity (Wildman–Crippen MR) is 104 cm³/mol. The Kier molecular flexibility index (Phi) is 4.80. The minimum Gasteiger partial charge on any atom is -0.458 e. The van der Waals surface area contributed by atoms with E-state index in [1.165, 1.54) is 6.92 Å². The molecule has 0 aromatic heterocycles. The van der Waals surface area contributed by atoms with Crippen LogP contribution in [-0.2, 0) is 23.9 Å². The van der Waals surface area contributed by atoms with Gasteiger partial charge in [-0.15, -0.1) is 0 Å². The third kappa shape index (κ3) is 2.85. The van der Waals surface area contributed by atoms with E-state index < -0.39 is 29.4 Å².